The summed E-state index contributed by atoms with van der Waals surface area (Å²) in [5.41, 5.74) is 1.22. The number of halogens is 3. The summed E-state index contributed by atoms with van der Waals surface area (Å²) in [5.74, 6) is 0.604. The van der Waals surface area contributed by atoms with Crippen molar-refractivity contribution in [2.24, 2.45) is 7.05 Å². The molecule has 1 saturated heterocycles. The van der Waals surface area contributed by atoms with E-state index < -0.39 is 11.7 Å². The zero-order valence-corrected chi connectivity index (χ0v) is 17.1. The number of benzene rings is 1. The SMILES string of the molecule is Cn1c(N2CCC(Nc3cccc(C(F)(F)F)c3)CC2)nc(C2=CCNC=C2)cc1=O. The van der Waals surface area contributed by atoms with Crippen LogP contribution in [-0.2, 0) is 13.2 Å². The second-order valence-electron chi connectivity index (χ2n) is 7.72. The van der Waals surface area contributed by atoms with Crippen molar-refractivity contribution in [2.75, 3.05) is 29.9 Å². The molecule has 0 amide bonds. The lowest BCUT2D eigenvalue weighted by molar-refractivity contribution is -0.137. The van der Waals surface area contributed by atoms with Crippen molar-refractivity contribution in [3.8, 4) is 0 Å². The molecule has 0 atom stereocenters. The van der Waals surface area contributed by atoms with Gasteiger partial charge in [0.05, 0.1) is 11.3 Å². The molecule has 31 heavy (non-hydrogen) atoms. The van der Waals surface area contributed by atoms with Gasteiger partial charge in [0.15, 0.2) is 0 Å². The van der Waals surface area contributed by atoms with E-state index in [1.54, 1.807) is 13.1 Å². The fourth-order valence-corrected chi connectivity index (χ4v) is 3.85. The predicted molar refractivity (Wildman–Crippen MR) is 115 cm³/mol. The van der Waals surface area contributed by atoms with Crippen LogP contribution in [-0.4, -0.2) is 35.2 Å². The fraction of sp³-hybridized carbons (Fsp3) is 0.364. The van der Waals surface area contributed by atoms with E-state index in [0.29, 0.717) is 37.0 Å². The first-order valence-electron chi connectivity index (χ1n) is 10.2. The summed E-state index contributed by atoms with van der Waals surface area (Å²) in [6, 6.07) is 6.86. The minimum Gasteiger partial charge on any atom is -0.387 e. The normalized spacial score (nSPS) is 17.3. The molecule has 1 fully saturated rings. The molecule has 164 valence electrons. The van der Waals surface area contributed by atoms with Crippen LogP contribution in [0.5, 0.6) is 0 Å². The van der Waals surface area contributed by atoms with Crippen molar-refractivity contribution in [3.05, 3.63) is 70.3 Å². The number of anilines is 2. The molecule has 0 aliphatic carbocycles. The van der Waals surface area contributed by atoms with E-state index >= 15 is 0 Å². The first-order valence-corrected chi connectivity index (χ1v) is 10.2. The molecule has 0 unspecified atom stereocenters. The van der Waals surface area contributed by atoms with Crippen molar-refractivity contribution in [3.63, 3.8) is 0 Å². The second-order valence-corrected chi connectivity index (χ2v) is 7.72. The van der Waals surface area contributed by atoms with E-state index in [4.69, 9.17) is 4.98 Å². The van der Waals surface area contributed by atoms with Crippen LogP contribution in [0.15, 0.2) is 53.5 Å². The van der Waals surface area contributed by atoms with E-state index in [1.807, 2.05) is 18.4 Å². The Morgan fingerprint density at radius 1 is 1.19 bits per heavy atom. The highest BCUT2D eigenvalue weighted by Gasteiger charge is 2.30. The third-order valence-electron chi connectivity index (χ3n) is 5.57. The number of aromatic nitrogens is 2. The molecular weight excluding hydrogens is 407 g/mol. The zero-order valence-electron chi connectivity index (χ0n) is 17.1. The Kier molecular flexibility index (Phi) is 5.75. The second kappa shape index (κ2) is 8.49. The summed E-state index contributed by atoms with van der Waals surface area (Å²) in [4.78, 5) is 19.3. The molecule has 3 heterocycles. The Hall–Kier alpha value is -3.23. The molecule has 0 bridgehead atoms. The van der Waals surface area contributed by atoms with Crippen molar-refractivity contribution in [2.45, 2.75) is 25.1 Å². The molecule has 0 spiro atoms. The van der Waals surface area contributed by atoms with Crippen LogP contribution in [0, 0.1) is 0 Å². The molecular formula is C22H24F3N5O. The molecule has 0 radical (unpaired) electrons. The van der Waals surface area contributed by atoms with Crippen LogP contribution in [0.1, 0.15) is 24.1 Å². The van der Waals surface area contributed by atoms with Crippen molar-refractivity contribution < 1.29 is 13.2 Å². The summed E-state index contributed by atoms with van der Waals surface area (Å²) in [5, 5.41) is 6.29. The van der Waals surface area contributed by atoms with E-state index in [2.05, 4.69) is 15.5 Å². The summed E-state index contributed by atoms with van der Waals surface area (Å²) in [6.45, 7) is 1.98. The Morgan fingerprint density at radius 2 is 1.97 bits per heavy atom. The zero-order chi connectivity index (χ0) is 22.0. The van der Waals surface area contributed by atoms with Gasteiger partial charge in [0.2, 0.25) is 5.95 Å². The number of alkyl halides is 3. The highest BCUT2D eigenvalue weighted by Crippen LogP contribution is 2.31. The minimum absolute atomic E-state index is 0.0509. The Balaban J connectivity index is 1.46. The summed E-state index contributed by atoms with van der Waals surface area (Å²) < 4.78 is 40.4. The Labute approximate surface area is 178 Å². The quantitative estimate of drug-likeness (QED) is 0.777. The van der Waals surface area contributed by atoms with Gasteiger partial charge in [-0.25, -0.2) is 4.98 Å². The number of piperidine rings is 1. The monoisotopic (exact) mass is 431 g/mol. The van der Waals surface area contributed by atoms with Gasteiger partial charge >= 0.3 is 6.18 Å². The molecule has 1 aromatic carbocycles. The number of hydrogen-bond donors (Lipinski definition) is 2. The average molecular weight is 431 g/mol. The lowest BCUT2D eigenvalue weighted by Gasteiger charge is -2.34. The highest BCUT2D eigenvalue weighted by molar-refractivity contribution is 5.73. The molecule has 2 aliphatic heterocycles. The van der Waals surface area contributed by atoms with Gasteiger partial charge in [0.25, 0.3) is 5.56 Å². The average Bonchev–Trinajstić information content (AvgIpc) is 2.76. The molecule has 2 N–H and O–H groups in total. The first kappa shape index (κ1) is 21.0. The van der Waals surface area contributed by atoms with Crippen LogP contribution in [0.3, 0.4) is 0 Å². The third-order valence-corrected chi connectivity index (χ3v) is 5.57. The minimum atomic E-state index is -4.36. The lowest BCUT2D eigenvalue weighted by atomic mass is 10.0. The number of dihydropyridines is 1. The van der Waals surface area contributed by atoms with E-state index in [9.17, 15) is 18.0 Å². The molecule has 9 heteroatoms. The van der Waals surface area contributed by atoms with Crippen molar-refractivity contribution in [1.29, 1.82) is 0 Å². The summed E-state index contributed by atoms with van der Waals surface area (Å²) in [7, 11) is 1.70. The third kappa shape index (κ3) is 4.76. The van der Waals surface area contributed by atoms with Gasteiger partial charge in [-0.15, -0.1) is 0 Å². The number of rotatable bonds is 4. The van der Waals surface area contributed by atoms with Gasteiger partial charge in [-0.3, -0.25) is 9.36 Å². The number of hydrogen-bond acceptors (Lipinski definition) is 5. The standard InChI is InChI=1S/C22H24F3N5O/c1-29-20(31)14-19(15-5-9-26-10-6-15)28-21(29)30-11-7-17(8-12-30)27-18-4-2-3-16(13-18)22(23,24)25/h2-6,9,13-14,17,26-27H,7-8,10-12H2,1H3. The van der Waals surface area contributed by atoms with Crippen LogP contribution in [0.25, 0.3) is 5.57 Å². The maximum Gasteiger partial charge on any atom is 0.416 e. The van der Waals surface area contributed by atoms with E-state index in [1.165, 1.54) is 16.7 Å². The lowest BCUT2D eigenvalue weighted by Crippen LogP contribution is -2.42. The smallest absolute Gasteiger partial charge is 0.387 e. The Bertz CT molecular complexity index is 1070. The first-order chi connectivity index (χ1) is 14.8. The van der Waals surface area contributed by atoms with Gasteiger partial charge in [-0.1, -0.05) is 12.1 Å². The molecule has 2 aliphatic rings. The number of allylic oxidation sites excluding steroid dienone is 2. The topological polar surface area (TPSA) is 62.2 Å². The van der Waals surface area contributed by atoms with Crippen LogP contribution < -0.4 is 21.1 Å². The van der Waals surface area contributed by atoms with Gasteiger partial charge < -0.3 is 15.5 Å². The van der Waals surface area contributed by atoms with Crippen LogP contribution >= 0.6 is 0 Å². The van der Waals surface area contributed by atoms with Gasteiger partial charge in [-0.05, 0) is 48.9 Å². The fourth-order valence-electron chi connectivity index (χ4n) is 3.85. The maximum absolute atomic E-state index is 12.9. The summed E-state index contributed by atoms with van der Waals surface area (Å²) in [6.07, 6.45) is 2.80. The highest BCUT2D eigenvalue weighted by atomic mass is 19.4. The van der Waals surface area contributed by atoms with Gasteiger partial charge in [-0.2, -0.15) is 13.2 Å². The molecule has 0 saturated carbocycles. The largest absolute Gasteiger partial charge is 0.416 e. The molecule has 6 nitrogen and oxygen atoms in total. The van der Waals surface area contributed by atoms with Crippen LogP contribution in [0.4, 0.5) is 24.8 Å². The summed E-state index contributed by atoms with van der Waals surface area (Å²) >= 11 is 0. The maximum atomic E-state index is 12.9. The van der Waals surface area contributed by atoms with Crippen LogP contribution in [0.2, 0.25) is 0 Å². The van der Waals surface area contributed by atoms with Crippen molar-refractivity contribution in [1.82, 2.24) is 14.9 Å². The Morgan fingerprint density at radius 3 is 2.65 bits per heavy atom. The van der Waals surface area contributed by atoms with E-state index in [-0.39, 0.29) is 11.6 Å². The number of nitrogens with one attached hydrogen (secondary N) is 2. The van der Waals surface area contributed by atoms with Crippen molar-refractivity contribution >= 4 is 17.2 Å². The van der Waals surface area contributed by atoms with E-state index in [0.717, 1.165) is 30.5 Å². The van der Waals surface area contributed by atoms with Gasteiger partial charge in [0, 0.05) is 44.5 Å². The molecule has 2 aromatic rings. The van der Waals surface area contributed by atoms with Gasteiger partial charge in [0.1, 0.15) is 0 Å². The molecule has 1 aromatic heterocycles. The molecule has 4 rings (SSSR count). The predicted octanol–water partition coefficient (Wildman–Crippen LogP) is 3.38. The number of nitrogens with zero attached hydrogens (tertiary/aromatic N) is 3.